The summed E-state index contributed by atoms with van der Waals surface area (Å²) in [5.41, 5.74) is 0.0236. The number of amides is 1. The Bertz CT molecular complexity index is 499. The second-order valence-corrected chi connectivity index (χ2v) is 5.91. The largest absolute Gasteiger partial charge is 0.508 e. The maximum atomic E-state index is 13.9. The summed E-state index contributed by atoms with van der Waals surface area (Å²) in [4.78, 5) is 14.3. The third-order valence-corrected chi connectivity index (χ3v) is 3.98. The summed E-state index contributed by atoms with van der Waals surface area (Å²) < 4.78 is 13.9. The third kappa shape index (κ3) is 3.94. The minimum atomic E-state index is -0.670. The fourth-order valence-electron chi connectivity index (χ4n) is 2.70. The molecule has 116 valence electrons. The first-order valence-corrected chi connectivity index (χ1v) is 7.49. The molecule has 1 aliphatic rings. The maximum absolute atomic E-state index is 13.9. The van der Waals surface area contributed by atoms with Gasteiger partial charge in [-0.2, -0.15) is 0 Å². The number of aromatic hydroxyl groups is 1. The Morgan fingerprint density at radius 1 is 1.43 bits per heavy atom. The zero-order valence-corrected chi connectivity index (χ0v) is 12.6. The Labute approximate surface area is 125 Å². The molecular formula is C16H23FN2O2. The monoisotopic (exact) mass is 294 g/mol. The highest BCUT2D eigenvalue weighted by Crippen LogP contribution is 2.21. The molecule has 0 aliphatic carbocycles. The Hall–Kier alpha value is -1.62. The van der Waals surface area contributed by atoms with Crippen molar-refractivity contribution in [1.82, 2.24) is 10.2 Å². The van der Waals surface area contributed by atoms with E-state index in [9.17, 15) is 14.3 Å². The summed E-state index contributed by atoms with van der Waals surface area (Å²) in [6, 6.07) is 3.70. The number of piperidine rings is 1. The number of nitrogens with zero attached hydrogens (tertiary/aromatic N) is 1. The number of nitrogens with one attached hydrogen (secondary N) is 1. The average molecular weight is 294 g/mol. The molecule has 1 saturated heterocycles. The number of phenols is 1. The Kier molecular flexibility index (Phi) is 5.17. The molecular weight excluding hydrogens is 271 g/mol. The highest BCUT2D eigenvalue weighted by molar-refractivity contribution is 5.94. The molecule has 21 heavy (non-hydrogen) atoms. The van der Waals surface area contributed by atoms with Crippen molar-refractivity contribution in [2.75, 3.05) is 19.6 Å². The van der Waals surface area contributed by atoms with Crippen LogP contribution in [0.1, 0.15) is 37.0 Å². The van der Waals surface area contributed by atoms with Crippen LogP contribution in [0.4, 0.5) is 4.39 Å². The van der Waals surface area contributed by atoms with Crippen molar-refractivity contribution in [3.05, 3.63) is 29.6 Å². The number of carbonyl (C=O) groups is 1. The molecule has 0 atom stereocenters. The molecule has 2 rings (SSSR count). The van der Waals surface area contributed by atoms with E-state index in [-0.39, 0.29) is 23.3 Å². The standard InChI is InChI=1S/C16H23FN2O2/c1-11(2)19(10-12-5-7-18-8-6-12)16(21)14-4-3-13(20)9-15(14)17/h3-4,9,11-12,18,20H,5-8,10H2,1-2H3. The number of hydrogen-bond donors (Lipinski definition) is 2. The van der Waals surface area contributed by atoms with Gasteiger partial charge in [0.25, 0.3) is 5.91 Å². The molecule has 2 N–H and O–H groups in total. The van der Waals surface area contributed by atoms with Crippen molar-refractivity contribution in [2.24, 2.45) is 5.92 Å². The van der Waals surface area contributed by atoms with Crippen molar-refractivity contribution in [2.45, 2.75) is 32.7 Å². The first-order valence-electron chi connectivity index (χ1n) is 7.49. The predicted octanol–water partition coefficient (Wildman–Crippen LogP) is 2.38. The van der Waals surface area contributed by atoms with Crippen LogP contribution in [-0.4, -0.2) is 41.6 Å². The summed E-state index contributed by atoms with van der Waals surface area (Å²) in [6.07, 6.45) is 2.07. The second-order valence-electron chi connectivity index (χ2n) is 5.91. The molecule has 1 aliphatic heterocycles. The van der Waals surface area contributed by atoms with E-state index in [1.807, 2.05) is 13.8 Å². The molecule has 0 saturated carbocycles. The van der Waals surface area contributed by atoms with Crippen LogP contribution >= 0.6 is 0 Å². The zero-order chi connectivity index (χ0) is 15.4. The lowest BCUT2D eigenvalue weighted by atomic mass is 9.96. The van der Waals surface area contributed by atoms with Gasteiger partial charge in [0.05, 0.1) is 5.56 Å². The third-order valence-electron chi connectivity index (χ3n) is 3.98. The first kappa shape index (κ1) is 15.8. The Morgan fingerprint density at radius 3 is 2.67 bits per heavy atom. The molecule has 0 aromatic heterocycles. The summed E-state index contributed by atoms with van der Waals surface area (Å²) in [5, 5.41) is 12.6. The minimum absolute atomic E-state index is 0.0144. The van der Waals surface area contributed by atoms with Crippen LogP contribution in [0, 0.1) is 11.7 Å². The van der Waals surface area contributed by atoms with Gasteiger partial charge in [-0.05, 0) is 57.8 Å². The second kappa shape index (κ2) is 6.89. The van der Waals surface area contributed by atoms with Crippen molar-refractivity contribution in [3.8, 4) is 5.75 Å². The van der Waals surface area contributed by atoms with Crippen LogP contribution in [0.3, 0.4) is 0 Å². The van der Waals surface area contributed by atoms with E-state index in [0.717, 1.165) is 32.0 Å². The normalized spacial score (nSPS) is 16.2. The van der Waals surface area contributed by atoms with Crippen molar-refractivity contribution >= 4 is 5.91 Å². The highest BCUT2D eigenvalue weighted by atomic mass is 19.1. The molecule has 5 heteroatoms. The van der Waals surface area contributed by atoms with Gasteiger partial charge in [-0.25, -0.2) is 4.39 Å². The smallest absolute Gasteiger partial charge is 0.257 e. The molecule has 1 aromatic carbocycles. The Morgan fingerprint density at radius 2 is 2.10 bits per heavy atom. The van der Waals surface area contributed by atoms with Gasteiger partial charge < -0.3 is 15.3 Å². The van der Waals surface area contributed by atoms with E-state index in [1.54, 1.807) is 4.90 Å². The summed E-state index contributed by atoms with van der Waals surface area (Å²) in [5.74, 6) is -0.687. The van der Waals surface area contributed by atoms with Gasteiger partial charge in [0.15, 0.2) is 0 Å². The number of carbonyl (C=O) groups excluding carboxylic acids is 1. The van der Waals surface area contributed by atoms with Crippen molar-refractivity contribution in [1.29, 1.82) is 0 Å². The van der Waals surface area contributed by atoms with Crippen molar-refractivity contribution < 1.29 is 14.3 Å². The number of hydrogen-bond acceptors (Lipinski definition) is 3. The van der Waals surface area contributed by atoms with Crippen LogP contribution in [0.2, 0.25) is 0 Å². The molecule has 1 fully saturated rings. The fourth-order valence-corrected chi connectivity index (χ4v) is 2.70. The quantitative estimate of drug-likeness (QED) is 0.896. The maximum Gasteiger partial charge on any atom is 0.257 e. The van der Waals surface area contributed by atoms with Gasteiger partial charge in [-0.15, -0.1) is 0 Å². The van der Waals surface area contributed by atoms with Crippen LogP contribution < -0.4 is 5.32 Å². The lowest BCUT2D eigenvalue weighted by Gasteiger charge is -2.33. The molecule has 1 heterocycles. The molecule has 0 unspecified atom stereocenters. The average Bonchev–Trinajstić information content (AvgIpc) is 2.45. The van der Waals surface area contributed by atoms with E-state index in [1.165, 1.54) is 12.1 Å². The molecule has 0 spiro atoms. The first-order chi connectivity index (χ1) is 9.99. The zero-order valence-electron chi connectivity index (χ0n) is 12.6. The van der Waals surface area contributed by atoms with Crippen molar-refractivity contribution in [3.63, 3.8) is 0 Å². The van der Waals surface area contributed by atoms with E-state index >= 15 is 0 Å². The van der Waals surface area contributed by atoms with E-state index < -0.39 is 5.82 Å². The topological polar surface area (TPSA) is 52.6 Å². The van der Waals surface area contributed by atoms with Crippen LogP contribution in [0.5, 0.6) is 5.75 Å². The van der Waals surface area contributed by atoms with Gasteiger partial charge in [-0.3, -0.25) is 4.79 Å². The van der Waals surface area contributed by atoms with E-state index in [2.05, 4.69) is 5.32 Å². The predicted molar refractivity (Wildman–Crippen MR) is 79.8 cm³/mol. The molecule has 0 bridgehead atoms. The number of halogens is 1. The van der Waals surface area contributed by atoms with E-state index in [4.69, 9.17) is 0 Å². The van der Waals surface area contributed by atoms with Gasteiger partial charge in [0, 0.05) is 18.7 Å². The SMILES string of the molecule is CC(C)N(CC1CCNCC1)C(=O)c1ccc(O)cc1F. The van der Waals surface area contributed by atoms with Gasteiger partial charge in [-0.1, -0.05) is 0 Å². The summed E-state index contributed by atoms with van der Waals surface area (Å²) >= 11 is 0. The molecule has 1 aromatic rings. The fraction of sp³-hybridized carbons (Fsp3) is 0.562. The molecule has 0 radical (unpaired) electrons. The minimum Gasteiger partial charge on any atom is -0.508 e. The number of rotatable bonds is 4. The van der Waals surface area contributed by atoms with E-state index in [0.29, 0.717) is 12.5 Å². The molecule has 4 nitrogen and oxygen atoms in total. The lowest BCUT2D eigenvalue weighted by Crippen LogP contribution is -2.43. The molecule has 1 amide bonds. The van der Waals surface area contributed by atoms with Gasteiger partial charge in [0.1, 0.15) is 11.6 Å². The summed E-state index contributed by atoms with van der Waals surface area (Å²) in [6.45, 7) is 6.48. The number of phenolic OH excluding ortho intramolecular Hbond substituents is 1. The lowest BCUT2D eigenvalue weighted by molar-refractivity contribution is 0.0653. The van der Waals surface area contributed by atoms with Crippen LogP contribution in [-0.2, 0) is 0 Å². The van der Waals surface area contributed by atoms with Gasteiger partial charge >= 0.3 is 0 Å². The number of benzene rings is 1. The highest BCUT2D eigenvalue weighted by Gasteiger charge is 2.25. The summed E-state index contributed by atoms with van der Waals surface area (Å²) in [7, 11) is 0. The Balaban J connectivity index is 2.14. The van der Waals surface area contributed by atoms with Gasteiger partial charge in [0.2, 0.25) is 0 Å². The van der Waals surface area contributed by atoms with Crippen LogP contribution in [0.25, 0.3) is 0 Å². The van der Waals surface area contributed by atoms with Crippen LogP contribution in [0.15, 0.2) is 18.2 Å².